The number of esters is 1. The molecule has 2 aromatic rings. The van der Waals surface area contributed by atoms with E-state index in [2.05, 4.69) is 12.0 Å². The van der Waals surface area contributed by atoms with Gasteiger partial charge in [0.05, 0.1) is 35.7 Å². The Labute approximate surface area is 170 Å². The van der Waals surface area contributed by atoms with Crippen molar-refractivity contribution in [2.45, 2.75) is 39.5 Å². The maximum absolute atomic E-state index is 13.2. The van der Waals surface area contributed by atoms with Crippen molar-refractivity contribution >= 4 is 23.5 Å². The molecule has 1 aliphatic heterocycles. The number of carbonyl (C=O) groups is 2. The molecular formula is C21H26ClN3O3. The van der Waals surface area contributed by atoms with Crippen LogP contribution in [-0.4, -0.2) is 46.3 Å². The third kappa shape index (κ3) is 4.38. The van der Waals surface area contributed by atoms with Gasteiger partial charge in [0.25, 0.3) is 5.91 Å². The highest BCUT2D eigenvalue weighted by molar-refractivity contribution is 6.30. The Morgan fingerprint density at radius 1 is 1.25 bits per heavy atom. The first kappa shape index (κ1) is 20.4. The Kier molecular flexibility index (Phi) is 6.73. The van der Waals surface area contributed by atoms with Crippen molar-refractivity contribution in [1.29, 1.82) is 0 Å². The maximum atomic E-state index is 13.2. The molecule has 6 nitrogen and oxygen atoms in total. The second-order valence-corrected chi connectivity index (χ2v) is 7.42. The summed E-state index contributed by atoms with van der Waals surface area (Å²) in [5.74, 6) is -0.540. The molecule has 7 heteroatoms. The number of hydrogen-bond donors (Lipinski definition) is 0. The number of nitrogens with zero attached hydrogens (tertiary/aromatic N) is 3. The normalized spacial score (nSPS) is 16.8. The molecule has 0 spiro atoms. The standard InChI is InChI=1S/C21H26ClN3O3/c1-3-6-19-18(13-23-25(19)17-10-8-16(22)9-11-17)20(26)24-12-5-7-15(14-24)21(27)28-4-2/h8-11,13,15H,3-7,12,14H2,1-2H3/t15-/m1/s1. The lowest BCUT2D eigenvalue weighted by Gasteiger charge is -2.31. The SMILES string of the molecule is CCCc1c(C(=O)N2CCC[C@@H](C(=O)OCC)C2)cnn1-c1ccc(Cl)cc1. The largest absolute Gasteiger partial charge is 0.466 e. The summed E-state index contributed by atoms with van der Waals surface area (Å²) in [4.78, 5) is 27.1. The van der Waals surface area contributed by atoms with E-state index in [1.165, 1.54) is 0 Å². The summed E-state index contributed by atoms with van der Waals surface area (Å²) in [6.07, 6.45) is 4.82. The number of likely N-dealkylation sites (tertiary alicyclic amines) is 1. The van der Waals surface area contributed by atoms with Crippen LogP contribution < -0.4 is 0 Å². The van der Waals surface area contributed by atoms with E-state index in [1.807, 2.05) is 24.3 Å². The molecule has 1 aromatic carbocycles. The van der Waals surface area contributed by atoms with Crippen molar-refractivity contribution in [3.63, 3.8) is 0 Å². The van der Waals surface area contributed by atoms with Crippen LogP contribution >= 0.6 is 11.6 Å². The number of halogens is 1. The van der Waals surface area contributed by atoms with E-state index in [0.29, 0.717) is 30.3 Å². The Balaban J connectivity index is 1.85. The molecule has 0 radical (unpaired) electrons. The zero-order valence-corrected chi connectivity index (χ0v) is 17.1. The second-order valence-electron chi connectivity index (χ2n) is 6.99. The van der Waals surface area contributed by atoms with Gasteiger partial charge in [0.15, 0.2) is 0 Å². The van der Waals surface area contributed by atoms with Crippen LogP contribution in [0, 0.1) is 5.92 Å². The van der Waals surface area contributed by atoms with Crippen LogP contribution in [0.15, 0.2) is 30.5 Å². The fraction of sp³-hybridized carbons (Fsp3) is 0.476. The van der Waals surface area contributed by atoms with Gasteiger partial charge in [-0.2, -0.15) is 5.10 Å². The minimum atomic E-state index is -0.251. The van der Waals surface area contributed by atoms with Crippen LogP contribution in [0.1, 0.15) is 49.2 Å². The van der Waals surface area contributed by atoms with E-state index < -0.39 is 0 Å². The summed E-state index contributed by atoms with van der Waals surface area (Å²) in [6.45, 7) is 5.27. The number of carbonyl (C=O) groups excluding carboxylic acids is 2. The number of ether oxygens (including phenoxy) is 1. The lowest BCUT2D eigenvalue weighted by molar-refractivity contribution is -0.149. The first-order valence-corrected chi connectivity index (χ1v) is 10.2. The van der Waals surface area contributed by atoms with Crippen LogP contribution in [0.5, 0.6) is 0 Å². The zero-order chi connectivity index (χ0) is 20.1. The smallest absolute Gasteiger partial charge is 0.310 e. The molecule has 2 heterocycles. The third-order valence-corrected chi connectivity index (χ3v) is 5.24. The van der Waals surface area contributed by atoms with E-state index in [4.69, 9.17) is 16.3 Å². The number of aromatic nitrogens is 2. The topological polar surface area (TPSA) is 64.4 Å². The summed E-state index contributed by atoms with van der Waals surface area (Å²) in [5.41, 5.74) is 2.35. The van der Waals surface area contributed by atoms with Crippen molar-refractivity contribution in [3.05, 3.63) is 46.7 Å². The highest BCUT2D eigenvalue weighted by Crippen LogP contribution is 2.24. The molecule has 1 aliphatic rings. The van der Waals surface area contributed by atoms with Gasteiger partial charge < -0.3 is 9.64 Å². The molecule has 150 valence electrons. The molecule has 1 fully saturated rings. The van der Waals surface area contributed by atoms with Crippen molar-refractivity contribution in [2.24, 2.45) is 5.92 Å². The highest BCUT2D eigenvalue weighted by atomic mass is 35.5. The van der Waals surface area contributed by atoms with Gasteiger partial charge in [0, 0.05) is 18.1 Å². The van der Waals surface area contributed by atoms with Gasteiger partial charge in [-0.1, -0.05) is 24.9 Å². The number of benzene rings is 1. The van der Waals surface area contributed by atoms with E-state index in [0.717, 1.165) is 37.1 Å². The molecule has 1 saturated heterocycles. The summed E-state index contributed by atoms with van der Waals surface area (Å²) in [5, 5.41) is 5.12. The first-order valence-electron chi connectivity index (χ1n) is 9.83. The van der Waals surface area contributed by atoms with Crippen LogP contribution in [0.25, 0.3) is 5.69 Å². The lowest BCUT2D eigenvalue weighted by atomic mass is 9.97. The van der Waals surface area contributed by atoms with Gasteiger partial charge in [-0.25, -0.2) is 4.68 Å². The molecular weight excluding hydrogens is 378 g/mol. The predicted octanol–water partition coefficient (Wildman–Crippen LogP) is 3.89. The molecule has 0 bridgehead atoms. The van der Waals surface area contributed by atoms with Gasteiger partial charge in [0.1, 0.15) is 0 Å². The van der Waals surface area contributed by atoms with Gasteiger partial charge in [-0.3, -0.25) is 9.59 Å². The average molecular weight is 404 g/mol. The molecule has 3 rings (SSSR count). The summed E-state index contributed by atoms with van der Waals surface area (Å²) >= 11 is 5.99. The highest BCUT2D eigenvalue weighted by Gasteiger charge is 2.31. The first-order chi connectivity index (χ1) is 13.5. The maximum Gasteiger partial charge on any atom is 0.310 e. The Hall–Kier alpha value is -2.34. The van der Waals surface area contributed by atoms with Gasteiger partial charge in [-0.15, -0.1) is 0 Å². The van der Waals surface area contributed by atoms with Crippen molar-refractivity contribution in [3.8, 4) is 5.69 Å². The van der Waals surface area contributed by atoms with E-state index in [-0.39, 0.29) is 17.8 Å². The Bertz CT molecular complexity index is 832. The quantitative estimate of drug-likeness (QED) is 0.686. The monoisotopic (exact) mass is 403 g/mol. The van der Waals surface area contributed by atoms with Crippen LogP contribution in [-0.2, 0) is 16.0 Å². The minimum absolute atomic E-state index is 0.0716. The summed E-state index contributed by atoms with van der Waals surface area (Å²) in [6, 6.07) is 7.40. The van der Waals surface area contributed by atoms with E-state index in [9.17, 15) is 9.59 Å². The van der Waals surface area contributed by atoms with Crippen molar-refractivity contribution < 1.29 is 14.3 Å². The Morgan fingerprint density at radius 3 is 2.68 bits per heavy atom. The molecule has 28 heavy (non-hydrogen) atoms. The average Bonchev–Trinajstić information content (AvgIpc) is 3.12. The fourth-order valence-corrected chi connectivity index (χ4v) is 3.75. The Morgan fingerprint density at radius 2 is 2.00 bits per heavy atom. The van der Waals surface area contributed by atoms with E-state index in [1.54, 1.807) is 22.7 Å². The van der Waals surface area contributed by atoms with Gasteiger partial charge in [0.2, 0.25) is 0 Å². The summed E-state index contributed by atoms with van der Waals surface area (Å²) < 4.78 is 6.95. The fourth-order valence-electron chi connectivity index (χ4n) is 3.62. The molecule has 0 saturated carbocycles. The van der Waals surface area contributed by atoms with Gasteiger partial charge >= 0.3 is 5.97 Å². The van der Waals surface area contributed by atoms with E-state index >= 15 is 0 Å². The predicted molar refractivity (Wildman–Crippen MR) is 108 cm³/mol. The molecule has 1 aromatic heterocycles. The van der Waals surface area contributed by atoms with Crippen LogP contribution in [0.2, 0.25) is 5.02 Å². The molecule has 0 aliphatic carbocycles. The van der Waals surface area contributed by atoms with Crippen molar-refractivity contribution in [2.75, 3.05) is 19.7 Å². The zero-order valence-electron chi connectivity index (χ0n) is 16.4. The number of hydrogen-bond acceptors (Lipinski definition) is 4. The molecule has 0 N–H and O–H groups in total. The second kappa shape index (κ2) is 9.24. The number of rotatable bonds is 6. The van der Waals surface area contributed by atoms with Crippen molar-refractivity contribution in [1.82, 2.24) is 14.7 Å². The minimum Gasteiger partial charge on any atom is -0.466 e. The molecule has 1 atom stereocenters. The van der Waals surface area contributed by atoms with Gasteiger partial charge in [-0.05, 0) is 50.5 Å². The van der Waals surface area contributed by atoms with Crippen LogP contribution in [0.4, 0.5) is 0 Å². The number of piperidine rings is 1. The van der Waals surface area contributed by atoms with Crippen LogP contribution in [0.3, 0.4) is 0 Å². The molecule has 1 amide bonds. The number of amides is 1. The third-order valence-electron chi connectivity index (χ3n) is 4.99. The molecule has 0 unspecified atom stereocenters. The lowest BCUT2D eigenvalue weighted by Crippen LogP contribution is -2.43. The summed E-state index contributed by atoms with van der Waals surface area (Å²) in [7, 11) is 0.